The number of hydrogen-bond donors (Lipinski definition) is 5. The molecule has 6 N–H and O–H groups in total. The first-order valence-corrected chi connectivity index (χ1v) is 14.1. The zero-order valence-corrected chi connectivity index (χ0v) is 24.3. The SMILES string of the molecule is CNC(=O)c1ccc(-c2cc(F)c(NC3N=C(Nc4ccccc4C=O)C(Cl)=CP3)cc2C)cc1.CNCCN. The summed E-state index contributed by atoms with van der Waals surface area (Å²) in [4.78, 5) is 27.7. The predicted octanol–water partition coefficient (Wildman–Crippen LogP) is 5.12. The van der Waals surface area contributed by atoms with Crippen molar-refractivity contribution in [1.29, 1.82) is 0 Å². The zero-order valence-electron chi connectivity index (χ0n) is 22.5. The Labute approximate surface area is 240 Å². The minimum atomic E-state index is -0.421. The number of aliphatic imine (C=N–C) groups is 1. The fourth-order valence-electron chi connectivity index (χ4n) is 3.80. The van der Waals surface area contributed by atoms with Crippen molar-refractivity contribution in [2.24, 2.45) is 10.7 Å². The summed E-state index contributed by atoms with van der Waals surface area (Å²) in [6.45, 7) is 3.55. The smallest absolute Gasteiger partial charge is 0.251 e. The number of hydrogen-bond acceptors (Lipinski definition) is 7. The number of carbonyl (C=O) groups is 2. The molecule has 0 aliphatic carbocycles. The Balaban J connectivity index is 0.000000810. The second kappa shape index (κ2) is 15.2. The van der Waals surface area contributed by atoms with Gasteiger partial charge in [0.15, 0.2) is 6.29 Å². The molecule has 40 heavy (non-hydrogen) atoms. The molecule has 2 atom stereocenters. The van der Waals surface area contributed by atoms with Crippen molar-refractivity contribution >= 4 is 49.6 Å². The third-order valence-corrected chi connectivity index (χ3v) is 7.39. The molecule has 11 heteroatoms. The number of aryl methyl sites for hydroxylation is 1. The van der Waals surface area contributed by atoms with Crippen LogP contribution in [0.1, 0.15) is 26.3 Å². The lowest BCUT2D eigenvalue weighted by Crippen LogP contribution is -2.23. The Morgan fingerprint density at radius 3 is 2.48 bits per heavy atom. The predicted molar refractivity (Wildman–Crippen MR) is 165 cm³/mol. The number of likely N-dealkylation sites (N-methyl/N-ethyl adjacent to an activating group) is 1. The van der Waals surface area contributed by atoms with E-state index in [1.54, 1.807) is 61.6 Å². The van der Waals surface area contributed by atoms with Gasteiger partial charge >= 0.3 is 0 Å². The van der Waals surface area contributed by atoms with Gasteiger partial charge < -0.3 is 27.0 Å². The molecule has 3 aromatic carbocycles. The third kappa shape index (κ3) is 8.19. The van der Waals surface area contributed by atoms with E-state index >= 15 is 4.39 Å². The first-order chi connectivity index (χ1) is 19.3. The van der Waals surface area contributed by atoms with Crippen molar-refractivity contribution in [1.82, 2.24) is 10.6 Å². The van der Waals surface area contributed by atoms with Crippen LogP contribution in [0.25, 0.3) is 11.1 Å². The summed E-state index contributed by atoms with van der Waals surface area (Å²) in [7, 11) is 3.65. The summed E-state index contributed by atoms with van der Waals surface area (Å²) < 4.78 is 15.1. The summed E-state index contributed by atoms with van der Waals surface area (Å²) in [6, 6.07) is 17.3. The van der Waals surface area contributed by atoms with Crippen LogP contribution in [0.2, 0.25) is 0 Å². The Hall–Kier alpha value is -3.62. The average molecular weight is 583 g/mol. The van der Waals surface area contributed by atoms with E-state index in [0.717, 1.165) is 36.1 Å². The van der Waals surface area contributed by atoms with Crippen LogP contribution in [0.4, 0.5) is 15.8 Å². The van der Waals surface area contributed by atoms with Crippen molar-refractivity contribution in [3.05, 3.63) is 94.0 Å². The molecule has 1 heterocycles. The van der Waals surface area contributed by atoms with Gasteiger partial charge in [-0.05, 0) is 81.5 Å². The standard InChI is InChI=1S/C26H23ClFN4O2P.C3H10N2/c1-15-11-23(21(28)12-19(15)16-7-9-17(10-8-16)25(34)29-2)31-26-32-24(20(27)14-35-26)30-22-6-4-3-5-18(22)13-33;1-5-3-2-4/h3-14,26,31,35H,1-2H3,(H,29,34)(H,30,32);5H,2-4H2,1H3. The summed E-state index contributed by atoms with van der Waals surface area (Å²) in [5, 5.41) is 12.2. The Morgan fingerprint density at radius 1 is 1.12 bits per heavy atom. The van der Waals surface area contributed by atoms with Gasteiger partial charge in [0.25, 0.3) is 5.91 Å². The van der Waals surface area contributed by atoms with Crippen LogP contribution in [0.3, 0.4) is 0 Å². The van der Waals surface area contributed by atoms with Crippen LogP contribution in [-0.2, 0) is 0 Å². The van der Waals surface area contributed by atoms with Crippen LogP contribution < -0.4 is 27.0 Å². The molecule has 1 aliphatic rings. The lowest BCUT2D eigenvalue weighted by atomic mass is 9.98. The minimum absolute atomic E-state index is 0.175. The van der Waals surface area contributed by atoms with Gasteiger partial charge in [0.2, 0.25) is 0 Å². The number of halogens is 2. The maximum atomic E-state index is 15.1. The molecule has 0 spiro atoms. The number of para-hydroxylation sites is 1. The maximum absolute atomic E-state index is 15.1. The van der Waals surface area contributed by atoms with E-state index in [9.17, 15) is 9.59 Å². The number of rotatable bonds is 8. The number of carbonyl (C=O) groups excluding carboxylic acids is 2. The zero-order chi connectivity index (χ0) is 29.1. The number of anilines is 2. The highest BCUT2D eigenvalue weighted by atomic mass is 35.5. The van der Waals surface area contributed by atoms with Gasteiger partial charge in [-0.2, -0.15) is 0 Å². The van der Waals surface area contributed by atoms with Crippen molar-refractivity contribution in [2.75, 3.05) is 37.8 Å². The highest BCUT2D eigenvalue weighted by molar-refractivity contribution is 7.43. The molecule has 4 rings (SSSR count). The second-order valence-corrected chi connectivity index (χ2v) is 10.3. The normalized spacial score (nSPS) is 14.8. The van der Waals surface area contributed by atoms with Crippen molar-refractivity contribution in [3.8, 4) is 11.1 Å². The lowest BCUT2D eigenvalue weighted by molar-refractivity contribution is 0.0962. The molecule has 0 fully saturated rings. The third-order valence-electron chi connectivity index (χ3n) is 5.88. The first-order valence-electron chi connectivity index (χ1n) is 12.6. The molecule has 1 aliphatic heterocycles. The number of amidine groups is 1. The van der Waals surface area contributed by atoms with Crippen molar-refractivity contribution in [3.63, 3.8) is 0 Å². The summed E-state index contributed by atoms with van der Waals surface area (Å²) in [6.07, 6.45) is 0.757. The Morgan fingerprint density at radius 2 is 1.85 bits per heavy atom. The highest BCUT2D eigenvalue weighted by Gasteiger charge is 2.19. The summed E-state index contributed by atoms with van der Waals surface area (Å²) in [5.41, 5.74) is 9.44. The second-order valence-electron chi connectivity index (χ2n) is 8.71. The monoisotopic (exact) mass is 582 g/mol. The lowest BCUT2D eigenvalue weighted by Gasteiger charge is -2.22. The molecule has 210 valence electrons. The van der Waals surface area contributed by atoms with Gasteiger partial charge in [-0.1, -0.05) is 35.9 Å². The quantitative estimate of drug-likeness (QED) is 0.186. The molecular formula is C29H33ClFN6O2P. The first kappa shape index (κ1) is 30.9. The number of nitrogens with zero attached hydrogens (tertiary/aromatic N) is 1. The van der Waals surface area contributed by atoms with Crippen molar-refractivity contribution in [2.45, 2.75) is 12.8 Å². The molecule has 0 saturated carbocycles. The molecular weight excluding hydrogens is 550 g/mol. The van der Waals surface area contributed by atoms with E-state index in [1.165, 1.54) is 6.07 Å². The topological polar surface area (TPSA) is 121 Å². The fourth-order valence-corrected chi connectivity index (χ4v) is 4.96. The van der Waals surface area contributed by atoms with E-state index in [4.69, 9.17) is 17.3 Å². The molecule has 3 aromatic rings. The van der Waals surface area contributed by atoms with E-state index in [2.05, 4.69) is 26.3 Å². The highest BCUT2D eigenvalue weighted by Crippen LogP contribution is 2.35. The Kier molecular flexibility index (Phi) is 11.8. The number of nitrogens with one attached hydrogen (secondary N) is 4. The van der Waals surface area contributed by atoms with Crippen LogP contribution in [0.15, 0.2) is 76.5 Å². The maximum Gasteiger partial charge on any atom is 0.251 e. The van der Waals surface area contributed by atoms with E-state index in [0.29, 0.717) is 33.4 Å². The van der Waals surface area contributed by atoms with Gasteiger partial charge in [-0.3, -0.25) is 9.59 Å². The molecule has 1 amide bonds. The van der Waals surface area contributed by atoms with E-state index < -0.39 is 11.7 Å². The summed E-state index contributed by atoms with van der Waals surface area (Å²) in [5.74, 6) is 1.22. The van der Waals surface area contributed by atoms with Gasteiger partial charge in [-0.15, -0.1) is 0 Å². The molecule has 0 saturated heterocycles. The summed E-state index contributed by atoms with van der Waals surface area (Å²) >= 11 is 6.34. The molecule has 0 radical (unpaired) electrons. The van der Waals surface area contributed by atoms with Gasteiger partial charge in [0.05, 0.1) is 16.4 Å². The largest absolute Gasteiger partial charge is 0.358 e. The van der Waals surface area contributed by atoms with E-state index in [-0.39, 0.29) is 14.5 Å². The molecule has 0 aromatic heterocycles. The molecule has 0 bridgehead atoms. The molecule has 8 nitrogen and oxygen atoms in total. The number of nitrogens with two attached hydrogens (primary N) is 1. The number of aldehydes is 1. The fraction of sp³-hybridized carbons (Fsp3) is 0.207. The molecule has 2 unspecified atom stereocenters. The Bertz CT molecular complexity index is 1400. The van der Waals surface area contributed by atoms with Gasteiger partial charge in [0.1, 0.15) is 17.6 Å². The minimum Gasteiger partial charge on any atom is -0.358 e. The van der Waals surface area contributed by atoms with Gasteiger partial charge in [-0.25, -0.2) is 9.38 Å². The van der Waals surface area contributed by atoms with Crippen LogP contribution >= 0.6 is 20.2 Å². The van der Waals surface area contributed by atoms with E-state index in [1.807, 2.05) is 19.8 Å². The number of benzene rings is 3. The van der Waals surface area contributed by atoms with Crippen LogP contribution in [0, 0.1) is 12.7 Å². The number of amides is 1. The van der Waals surface area contributed by atoms with Crippen LogP contribution in [-0.4, -0.2) is 51.1 Å². The van der Waals surface area contributed by atoms with Gasteiger partial charge in [0, 0.05) is 31.3 Å². The average Bonchev–Trinajstić information content (AvgIpc) is 2.97. The van der Waals surface area contributed by atoms with Crippen molar-refractivity contribution < 1.29 is 14.0 Å². The van der Waals surface area contributed by atoms with Crippen LogP contribution in [0.5, 0.6) is 0 Å².